The number of rotatable bonds is 2. The minimum atomic E-state index is -0.164. The molecule has 2 nitrogen and oxygen atoms in total. The van der Waals surface area contributed by atoms with Crippen molar-refractivity contribution in [1.82, 2.24) is 0 Å². The Morgan fingerprint density at radius 1 is 1.09 bits per heavy atom. The summed E-state index contributed by atoms with van der Waals surface area (Å²) < 4.78 is 0. The molecule has 0 aromatic heterocycles. The quantitative estimate of drug-likeness (QED) is 0.798. The molecule has 0 amide bonds. The first-order valence-corrected chi connectivity index (χ1v) is 8.97. The molecule has 4 atom stereocenters. The van der Waals surface area contributed by atoms with E-state index < -0.39 is 0 Å². The number of hydrogen-bond donors (Lipinski definition) is 1. The zero-order valence-corrected chi connectivity index (χ0v) is 13.3. The van der Waals surface area contributed by atoms with Gasteiger partial charge in [0.05, 0.1) is 5.56 Å². The predicted octanol–water partition coefficient (Wildman–Crippen LogP) is 4.94. The Morgan fingerprint density at radius 3 is 2.87 bits per heavy atom. The van der Waals surface area contributed by atoms with Crippen LogP contribution in [-0.2, 0) is 0 Å². The summed E-state index contributed by atoms with van der Waals surface area (Å²) in [7, 11) is 0. The molecule has 4 unspecified atom stereocenters. The molecule has 0 aliphatic heterocycles. The molecule has 0 radical (unpaired) electrons. The molecule has 118 valence electrons. The standard InChI is InChI=1S/C21H22O2/c22-19-16-5-2-1-4-13(16)8-10-17(19)20(23)21-11-3-6-18(21)14-7-9-15(21)12-14/h1-2,4-5,8,10,14-15,18,22H,3,6-7,9,11-12H2. The average Bonchev–Trinajstić information content (AvgIpc) is 3.27. The number of benzene rings is 2. The molecular formula is C21H22O2. The van der Waals surface area contributed by atoms with Crippen LogP contribution in [0.4, 0.5) is 0 Å². The van der Waals surface area contributed by atoms with E-state index in [1.54, 1.807) is 0 Å². The monoisotopic (exact) mass is 306 g/mol. The van der Waals surface area contributed by atoms with Crippen molar-refractivity contribution in [1.29, 1.82) is 0 Å². The highest BCUT2D eigenvalue weighted by Crippen LogP contribution is 2.67. The number of Topliss-reactive ketones (excluding diaryl/α,β-unsaturated/α-hetero) is 1. The smallest absolute Gasteiger partial charge is 0.173 e. The predicted molar refractivity (Wildman–Crippen MR) is 90.5 cm³/mol. The molecule has 3 fully saturated rings. The van der Waals surface area contributed by atoms with Crippen LogP contribution >= 0.6 is 0 Å². The Bertz CT molecular complexity index is 809. The van der Waals surface area contributed by atoms with Gasteiger partial charge < -0.3 is 5.11 Å². The van der Waals surface area contributed by atoms with Crippen molar-refractivity contribution < 1.29 is 9.90 Å². The van der Waals surface area contributed by atoms with Gasteiger partial charge in [0.25, 0.3) is 0 Å². The van der Waals surface area contributed by atoms with Gasteiger partial charge in [-0.15, -0.1) is 0 Å². The summed E-state index contributed by atoms with van der Waals surface area (Å²) in [5.74, 6) is 2.30. The van der Waals surface area contributed by atoms with Gasteiger partial charge in [0.1, 0.15) is 5.75 Å². The molecule has 5 rings (SSSR count). The molecule has 0 spiro atoms. The Kier molecular flexibility index (Phi) is 2.72. The molecule has 3 aliphatic rings. The average molecular weight is 306 g/mol. The van der Waals surface area contributed by atoms with Gasteiger partial charge in [-0.2, -0.15) is 0 Å². The summed E-state index contributed by atoms with van der Waals surface area (Å²) in [6.07, 6.45) is 7.18. The first-order valence-electron chi connectivity index (χ1n) is 8.97. The molecule has 3 saturated carbocycles. The first kappa shape index (κ1) is 13.6. The summed E-state index contributed by atoms with van der Waals surface area (Å²) in [6.45, 7) is 0. The van der Waals surface area contributed by atoms with Gasteiger partial charge in [-0.25, -0.2) is 0 Å². The van der Waals surface area contributed by atoms with Crippen LogP contribution in [0.5, 0.6) is 5.75 Å². The third-order valence-corrected chi connectivity index (χ3v) is 7.11. The van der Waals surface area contributed by atoms with E-state index in [9.17, 15) is 9.90 Å². The van der Waals surface area contributed by atoms with Crippen LogP contribution in [0.15, 0.2) is 36.4 Å². The lowest BCUT2D eigenvalue weighted by molar-refractivity contribution is 0.0568. The highest BCUT2D eigenvalue weighted by atomic mass is 16.3. The van der Waals surface area contributed by atoms with Crippen molar-refractivity contribution >= 4 is 16.6 Å². The molecule has 2 aromatic carbocycles. The van der Waals surface area contributed by atoms with E-state index >= 15 is 0 Å². The van der Waals surface area contributed by atoms with E-state index in [1.165, 1.54) is 32.1 Å². The number of phenolic OH excluding ortho intramolecular Hbond substituents is 1. The summed E-state index contributed by atoms with van der Waals surface area (Å²) in [6, 6.07) is 11.6. The van der Waals surface area contributed by atoms with E-state index in [0.717, 1.165) is 23.1 Å². The fourth-order valence-corrected chi connectivity index (χ4v) is 6.23. The SMILES string of the molecule is O=C(c1ccc2ccccc2c1O)C12CCCC1C1CCC2C1. The Balaban J connectivity index is 1.65. The lowest BCUT2D eigenvalue weighted by Gasteiger charge is -2.38. The number of ketones is 1. The Labute approximate surface area is 136 Å². The van der Waals surface area contributed by atoms with E-state index in [1.807, 2.05) is 36.4 Å². The van der Waals surface area contributed by atoms with Crippen LogP contribution < -0.4 is 0 Å². The number of phenols is 1. The zero-order valence-electron chi connectivity index (χ0n) is 13.3. The van der Waals surface area contributed by atoms with Gasteiger partial charge >= 0.3 is 0 Å². The molecule has 2 aromatic rings. The van der Waals surface area contributed by atoms with E-state index in [-0.39, 0.29) is 16.9 Å². The lowest BCUT2D eigenvalue weighted by Crippen LogP contribution is -2.40. The van der Waals surface area contributed by atoms with Crippen LogP contribution in [0.3, 0.4) is 0 Å². The number of carbonyl (C=O) groups excluding carboxylic acids is 1. The Hall–Kier alpha value is -1.83. The lowest BCUT2D eigenvalue weighted by atomic mass is 9.64. The second-order valence-electron chi connectivity index (χ2n) is 7.82. The van der Waals surface area contributed by atoms with Crippen molar-refractivity contribution in [3.05, 3.63) is 42.0 Å². The second-order valence-corrected chi connectivity index (χ2v) is 7.82. The maximum atomic E-state index is 13.5. The normalized spacial score (nSPS) is 34.9. The minimum absolute atomic E-state index is 0.164. The maximum Gasteiger partial charge on any atom is 0.173 e. The molecule has 2 bridgehead atoms. The van der Waals surface area contributed by atoms with Crippen LogP contribution in [0, 0.1) is 23.2 Å². The van der Waals surface area contributed by atoms with Gasteiger partial charge in [-0.1, -0.05) is 36.8 Å². The van der Waals surface area contributed by atoms with Crippen LogP contribution in [0.25, 0.3) is 10.8 Å². The van der Waals surface area contributed by atoms with Gasteiger partial charge in [0.15, 0.2) is 5.78 Å². The molecular weight excluding hydrogens is 284 g/mol. The van der Waals surface area contributed by atoms with Crippen molar-refractivity contribution in [3.63, 3.8) is 0 Å². The second kappa shape index (κ2) is 4.59. The molecule has 3 aliphatic carbocycles. The van der Waals surface area contributed by atoms with E-state index in [2.05, 4.69) is 0 Å². The van der Waals surface area contributed by atoms with Crippen molar-refractivity contribution in [2.45, 2.75) is 38.5 Å². The molecule has 0 heterocycles. The van der Waals surface area contributed by atoms with Crippen LogP contribution in [0.2, 0.25) is 0 Å². The summed E-state index contributed by atoms with van der Waals surface area (Å²) in [4.78, 5) is 13.5. The highest BCUT2D eigenvalue weighted by Gasteiger charge is 2.63. The van der Waals surface area contributed by atoms with Crippen molar-refractivity contribution in [2.75, 3.05) is 0 Å². The molecule has 1 N–H and O–H groups in total. The largest absolute Gasteiger partial charge is 0.507 e. The Morgan fingerprint density at radius 2 is 1.96 bits per heavy atom. The summed E-state index contributed by atoms with van der Waals surface area (Å²) in [5.41, 5.74) is 0.395. The first-order chi connectivity index (χ1) is 11.2. The summed E-state index contributed by atoms with van der Waals surface area (Å²) in [5, 5.41) is 12.5. The summed E-state index contributed by atoms with van der Waals surface area (Å²) >= 11 is 0. The van der Waals surface area contributed by atoms with Gasteiger partial charge in [-0.05, 0) is 61.3 Å². The third kappa shape index (κ3) is 1.62. The number of fused-ring (bicyclic) bond motifs is 6. The molecule has 0 saturated heterocycles. The number of carbonyl (C=O) groups is 1. The van der Waals surface area contributed by atoms with Crippen LogP contribution in [-0.4, -0.2) is 10.9 Å². The van der Waals surface area contributed by atoms with Crippen molar-refractivity contribution in [3.8, 4) is 5.75 Å². The van der Waals surface area contributed by atoms with E-state index in [0.29, 0.717) is 17.4 Å². The zero-order chi connectivity index (χ0) is 15.6. The van der Waals surface area contributed by atoms with Gasteiger partial charge in [0, 0.05) is 10.8 Å². The topological polar surface area (TPSA) is 37.3 Å². The molecule has 23 heavy (non-hydrogen) atoms. The van der Waals surface area contributed by atoms with Gasteiger partial charge in [0.2, 0.25) is 0 Å². The number of hydrogen-bond acceptors (Lipinski definition) is 2. The fourth-order valence-electron chi connectivity index (χ4n) is 6.23. The van der Waals surface area contributed by atoms with Crippen LogP contribution in [0.1, 0.15) is 48.9 Å². The van der Waals surface area contributed by atoms with E-state index in [4.69, 9.17) is 0 Å². The third-order valence-electron chi connectivity index (χ3n) is 7.11. The molecule has 2 heteroatoms. The van der Waals surface area contributed by atoms with Crippen molar-refractivity contribution in [2.24, 2.45) is 23.2 Å². The highest BCUT2D eigenvalue weighted by molar-refractivity contribution is 6.08. The fraction of sp³-hybridized carbons (Fsp3) is 0.476. The number of aromatic hydroxyl groups is 1. The minimum Gasteiger partial charge on any atom is -0.507 e. The maximum absolute atomic E-state index is 13.5. The van der Waals surface area contributed by atoms with Gasteiger partial charge in [-0.3, -0.25) is 4.79 Å².